The molecule has 0 aliphatic heterocycles. The highest BCUT2D eigenvalue weighted by Gasteiger charge is 2.25. The summed E-state index contributed by atoms with van der Waals surface area (Å²) in [5.74, 6) is -0.490. The first-order valence-electron chi connectivity index (χ1n) is 11.0. The summed E-state index contributed by atoms with van der Waals surface area (Å²) in [6, 6.07) is 29.4. The quantitative estimate of drug-likeness (QED) is 0.207. The minimum absolute atomic E-state index is 0.287. The predicted molar refractivity (Wildman–Crippen MR) is 138 cm³/mol. The average Bonchev–Trinajstić information content (AvgIpc) is 3.26. The van der Waals surface area contributed by atoms with Gasteiger partial charge >= 0.3 is 0 Å². The van der Waals surface area contributed by atoms with Crippen LogP contribution in [0.5, 0.6) is 11.5 Å². The molecule has 0 aliphatic carbocycles. The number of pyridine rings is 1. The van der Waals surface area contributed by atoms with Crippen molar-refractivity contribution in [3.63, 3.8) is 0 Å². The lowest BCUT2D eigenvalue weighted by Crippen LogP contribution is -2.25. The van der Waals surface area contributed by atoms with Crippen LogP contribution in [-0.2, 0) is 4.79 Å². The van der Waals surface area contributed by atoms with Gasteiger partial charge in [0.1, 0.15) is 11.4 Å². The number of hydrogen-bond acceptors (Lipinski definition) is 3. The molecule has 0 saturated carbocycles. The van der Waals surface area contributed by atoms with Gasteiger partial charge in [-0.1, -0.05) is 65.7 Å². The van der Waals surface area contributed by atoms with Crippen LogP contribution in [0, 0.1) is 6.92 Å². The fourth-order valence-electron chi connectivity index (χ4n) is 3.90. The highest BCUT2D eigenvalue weighted by molar-refractivity contribution is 6.47. The number of carbonyl (C=O) groups is 2. The second-order valence-corrected chi connectivity index (χ2v) is 8.54. The van der Waals surface area contributed by atoms with Crippen molar-refractivity contribution >= 4 is 34.5 Å². The van der Waals surface area contributed by atoms with Crippen molar-refractivity contribution in [2.75, 3.05) is 5.32 Å². The number of aromatic nitrogens is 1. The van der Waals surface area contributed by atoms with Crippen molar-refractivity contribution < 1.29 is 14.3 Å². The number of benzene rings is 3. The van der Waals surface area contributed by atoms with E-state index in [-0.39, 0.29) is 5.69 Å². The summed E-state index contributed by atoms with van der Waals surface area (Å²) in [6.45, 7) is 2.00. The molecule has 35 heavy (non-hydrogen) atoms. The molecular weight excluding hydrogens is 460 g/mol. The van der Waals surface area contributed by atoms with Crippen LogP contribution in [0.4, 0.5) is 5.69 Å². The zero-order chi connectivity index (χ0) is 24.4. The van der Waals surface area contributed by atoms with Gasteiger partial charge in [0.05, 0.1) is 5.69 Å². The van der Waals surface area contributed by atoms with Crippen LogP contribution in [0.1, 0.15) is 16.1 Å². The van der Waals surface area contributed by atoms with Gasteiger partial charge in [0.2, 0.25) is 0 Å². The van der Waals surface area contributed by atoms with Crippen LogP contribution in [0.25, 0.3) is 16.6 Å². The SMILES string of the molecule is Cc1ccc(-c2cc3ccccn3c2C(=O)C(=O)Nc2cc(Cl)ccc2Oc2ccccc2)cc1. The fraction of sp³-hybridized carbons (Fsp3) is 0.0345. The number of halogens is 1. The second-order valence-electron chi connectivity index (χ2n) is 8.11. The lowest BCUT2D eigenvalue weighted by Gasteiger charge is -2.13. The number of hydrogen-bond donors (Lipinski definition) is 1. The molecule has 5 aromatic rings. The Labute approximate surface area is 207 Å². The van der Waals surface area contributed by atoms with Gasteiger partial charge in [-0.25, -0.2) is 0 Å². The number of rotatable bonds is 6. The summed E-state index contributed by atoms with van der Waals surface area (Å²) in [7, 11) is 0. The summed E-state index contributed by atoms with van der Waals surface area (Å²) in [5, 5.41) is 3.11. The minimum atomic E-state index is -0.789. The van der Waals surface area contributed by atoms with Crippen molar-refractivity contribution in [2.24, 2.45) is 0 Å². The molecule has 5 nitrogen and oxygen atoms in total. The Morgan fingerprint density at radius 3 is 2.37 bits per heavy atom. The summed E-state index contributed by atoms with van der Waals surface area (Å²) in [4.78, 5) is 26.8. The number of para-hydroxylation sites is 1. The van der Waals surface area contributed by atoms with Crippen molar-refractivity contribution in [2.45, 2.75) is 6.92 Å². The molecule has 0 radical (unpaired) electrons. The molecule has 1 N–H and O–H groups in total. The molecule has 6 heteroatoms. The minimum Gasteiger partial charge on any atom is -0.455 e. The van der Waals surface area contributed by atoms with Gasteiger partial charge in [-0.3, -0.25) is 9.59 Å². The zero-order valence-corrected chi connectivity index (χ0v) is 19.6. The van der Waals surface area contributed by atoms with E-state index in [2.05, 4.69) is 5.32 Å². The van der Waals surface area contributed by atoms with Gasteiger partial charge in [0.25, 0.3) is 11.7 Å². The number of nitrogens with one attached hydrogen (secondary N) is 1. The molecule has 0 unspecified atom stereocenters. The van der Waals surface area contributed by atoms with Crippen LogP contribution in [0.2, 0.25) is 5.02 Å². The normalized spacial score (nSPS) is 10.8. The largest absolute Gasteiger partial charge is 0.455 e. The van der Waals surface area contributed by atoms with Gasteiger partial charge in [0.15, 0.2) is 5.75 Å². The summed E-state index contributed by atoms with van der Waals surface area (Å²) in [5.41, 5.74) is 4.05. The first-order valence-corrected chi connectivity index (χ1v) is 11.4. The summed E-state index contributed by atoms with van der Waals surface area (Å²) < 4.78 is 7.65. The standard InChI is InChI=1S/C29H21ClN2O3/c1-19-10-12-20(13-11-19)24-18-22-7-5-6-16-32(22)27(24)28(33)29(34)31-25-17-21(30)14-15-26(25)35-23-8-3-2-4-9-23/h2-18H,1H3,(H,31,34). The Hall–Kier alpha value is -4.35. The number of aryl methyl sites for hydroxylation is 1. The molecule has 5 rings (SSSR count). The van der Waals surface area contributed by atoms with E-state index in [1.54, 1.807) is 40.9 Å². The average molecular weight is 481 g/mol. The number of ketones is 1. The number of ether oxygens (including phenoxy) is 1. The van der Waals surface area contributed by atoms with E-state index in [1.165, 1.54) is 0 Å². The summed E-state index contributed by atoms with van der Waals surface area (Å²) >= 11 is 6.18. The van der Waals surface area contributed by atoms with Crippen molar-refractivity contribution in [1.29, 1.82) is 0 Å². The molecule has 0 bridgehead atoms. The smallest absolute Gasteiger partial charge is 0.298 e. The number of carbonyl (C=O) groups excluding carboxylic acids is 2. The number of amides is 1. The van der Waals surface area contributed by atoms with Crippen LogP contribution in [-0.4, -0.2) is 16.1 Å². The molecule has 2 aromatic heterocycles. The van der Waals surface area contributed by atoms with Gasteiger partial charge < -0.3 is 14.5 Å². The van der Waals surface area contributed by atoms with Gasteiger partial charge in [0, 0.05) is 22.3 Å². The Bertz CT molecular complexity index is 1540. The Morgan fingerprint density at radius 1 is 0.857 bits per heavy atom. The number of Topliss-reactive ketones (excluding diaryl/α,β-unsaturated/α-hetero) is 1. The molecule has 0 atom stereocenters. The first kappa shape index (κ1) is 22.4. The zero-order valence-electron chi connectivity index (χ0n) is 18.9. The van der Waals surface area contributed by atoms with Crippen LogP contribution < -0.4 is 10.1 Å². The molecule has 2 heterocycles. The summed E-state index contributed by atoms with van der Waals surface area (Å²) in [6.07, 6.45) is 1.77. The van der Waals surface area contributed by atoms with E-state index in [0.29, 0.717) is 27.8 Å². The number of nitrogens with zero attached hydrogens (tertiary/aromatic N) is 1. The third-order valence-electron chi connectivity index (χ3n) is 5.62. The van der Waals surface area contributed by atoms with Crippen LogP contribution >= 0.6 is 11.6 Å². The molecule has 3 aromatic carbocycles. The maximum atomic E-state index is 13.5. The Balaban J connectivity index is 1.51. The van der Waals surface area contributed by atoms with Gasteiger partial charge in [-0.05, 0) is 61.0 Å². The van der Waals surface area contributed by atoms with E-state index in [0.717, 1.165) is 16.6 Å². The fourth-order valence-corrected chi connectivity index (χ4v) is 4.07. The van der Waals surface area contributed by atoms with E-state index >= 15 is 0 Å². The lowest BCUT2D eigenvalue weighted by atomic mass is 10.0. The molecule has 0 spiro atoms. The Morgan fingerprint density at radius 2 is 1.60 bits per heavy atom. The predicted octanol–water partition coefficient (Wildman–Crippen LogP) is 7.18. The molecule has 172 valence electrons. The maximum Gasteiger partial charge on any atom is 0.298 e. The first-order chi connectivity index (χ1) is 17.0. The van der Waals surface area contributed by atoms with Crippen LogP contribution in [0.15, 0.2) is 103 Å². The molecule has 1 amide bonds. The monoisotopic (exact) mass is 480 g/mol. The molecule has 0 saturated heterocycles. The highest BCUT2D eigenvalue weighted by atomic mass is 35.5. The van der Waals surface area contributed by atoms with E-state index < -0.39 is 11.7 Å². The lowest BCUT2D eigenvalue weighted by molar-refractivity contribution is -0.112. The topological polar surface area (TPSA) is 59.8 Å². The second kappa shape index (κ2) is 9.49. The maximum absolute atomic E-state index is 13.5. The number of fused-ring (bicyclic) bond motifs is 1. The van der Waals surface area contributed by atoms with E-state index in [9.17, 15) is 9.59 Å². The number of anilines is 1. The van der Waals surface area contributed by atoms with Crippen molar-refractivity contribution in [3.8, 4) is 22.6 Å². The van der Waals surface area contributed by atoms with E-state index in [1.807, 2.05) is 73.7 Å². The van der Waals surface area contributed by atoms with Crippen molar-refractivity contribution in [1.82, 2.24) is 4.40 Å². The Kier molecular flexibility index (Phi) is 6.08. The van der Waals surface area contributed by atoms with Crippen LogP contribution in [0.3, 0.4) is 0 Å². The third-order valence-corrected chi connectivity index (χ3v) is 5.86. The molecule has 0 aliphatic rings. The third kappa shape index (κ3) is 4.67. The molecule has 0 fully saturated rings. The van der Waals surface area contributed by atoms with Gasteiger partial charge in [-0.15, -0.1) is 0 Å². The highest BCUT2D eigenvalue weighted by Crippen LogP contribution is 2.33. The van der Waals surface area contributed by atoms with Gasteiger partial charge in [-0.2, -0.15) is 0 Å². The van der Waals surface area contributed by atoms with Crippen molar-refractivity contribution in [3.05, 3.63) is 120 Å². The van der Waals surface area contributed by atoms with E-state index in [4.69, 9.17) is 16.3 Å². The molecular formula is C29H21ClN2O3.